The van der Waals surface area contributed by atoms with Crippen LogP contribution in [0.25, 0.3) is 32.7 Å². The number of hydrogen-bond acceptors (Lipinski definition) is 0. The summed E-state index contributed by atoms with van der Waals surface area (Å²) in [6, 6.07) is 71.8. The zero-order chi connectivity index (χ0) is 30.7. The molecule has 8 aromatic rings. The molecule has 0 radical (unpaired) electrons. The Morgan fingerprint density at radius 3 is 0.820 bits per heavy atom. The SMILES string of the molecule is [Au+].[Au+].[Cl-].[Cl-].c1ccc(P(c2ccccc2)c2ccc3ccccc3c2-c2c(P(c3ccccc3)c3ccccc3)ccc3ccccc23)cc1. The summed E-state index contributed by atoms with van der Waals surface area (Å²) in [4.78, 5) is 0. The van der Waals surface area contributed by atoms with Crippen LogP contribution in [0.3, 0.4) is 0 Å². The molecule has 0 amide bonds. The third kappa shape index (κ3) is 7.98. The van der Waals surface area contributed by atoms with E-state index < -0.39 is 15.8 Å². The van der Waals surface area contributed by atoms with Crippen LogP contribution < -0.4 is 56.6 Å². The van der Waals surface area contributed by atoms with E-state index in [2.05, 4.69) is 194 Å². The van der Waals surface area contributed by atoms with Crippen LogP contribution in [-0.4, -0.2) is 0 Å². The van der Waals surface area contributed by atoms with Gasteiger partial charge in [-0.3, -0.25) is 0 Å². The molecule has 0 aliphatic carbocycles. The number of rotatable bonds is 7. The van der Waals surface area contributed by atoms with Gasteiger partial charge in [-0.25, -0.2) is 0 Å². The summed E-state index contributed by atoms with van der Waals surface area (Å²) in [6.07, 6.45) is 0. The van der Waals surface area contributed by atoms with Gasteiger partial charge in [0.25, 0.3) is 0 Å². The van der Waals surface area contributed by atoms with Crippen LogP contribution >= 0.6 is 15.8 Å². The van der Waals surface area contributed by atoms with Crippen molar-refractivity contribution in [2.75, 3.05) is 0 Å². The van der Waals surface area contributed by atoms with Crippen molar-refractivity contribution in [2.24, 2.45) is 0 Å². The fourth-order valence-electron chi connectivity index (χ4n) is 6.58. The van der Waals surface area contributed by atoms with Crippen LogP contribution in [0, 0.1) is 0 Å². The van der Waals surface area contributed by atoms with Crippen molar-refractivity contribution in [3.63, 3.8) is 0 Å². The molecule has 0 atom stereocenters. The van der Waals surface area contributed by atoms with Crippen molar-refractivity contribution >= 4 is 69.2 Å². The monoisotopic (exact) mass is 1090 g/mol. The van der Waals surface area contributed by atoms with E-state index >= 15 is 0 Å². The predicted molar refractivity (Wildman–Crippen MR) is 204 cm³/mol. The molecule has 0 aromatic heterocycles. The minimum Gasteiger partial charge on any atom is -1.00 e. The molecule has 0 fully saturated rings. The van der Waals surface area contributed by atoms with E-state index in [1.165, 1.54) is 64.5 Å². The number of hydrogen-bond donors (Lipinski definition) is 0. The summed E-state index contributed by atoms with van der Waals surface area (Å²) in [5.74, 6) is 0. The van der Waals surface area contributed by atoms with E-state index in [-0.39, 0.29) is 69.6 Å². The van der Waals surface area contributed by atoms with Crippen LogP contribution in [0.1, 0.15) is 0 Å². The first-order valence-electron chi connectivity index (χ1n) is 15.7. The van der Waals surface area contributed by atoms with Crippen molar-refractivity contribution in [1.82, 2.24) is 0 Å². The van der Waals surface area contributed by atoms with Gasteiger partial charge in [0, 0.05) is 0 Å². The minimum absolute atomic E-state index is 0. The maximum absolute atomic E-state index is 2.42. The van der Waals surface area contributed by atoms with E-state index in [1.54, 1.807) is 0 Å². The summed E-state index contributed by atoms with van der Waals surface area (Å²) in [6.45, 7) is 0. The molecule has 0 aliphatic rings. The first kappa shape index (κ1) is 40.0. The van der Waals surface area contributed by atoms with Crippen LogP contribution in [0.15, 0.2) is 194 Å². The van der Waals surface area contributed by atoms with Crippen molar-refractivity contribution in [1.29, 1.82) is 0 Å². The second kappa shape index (κ2) is 18.6. The second-order valence-electron chi connectivity index (χ2n) is 11.4. The molecule has 254 valence electrons. The fraction of sp³-hybridized carbons (Fsp3) is 0. The van der Waals surface area contributed by atoms with E-state index in [1.807, 2.05) is 0 Å². The van der Waals surface area contributed by atoms with Gasteiger partial charge >= 0.3 is 44.8 Å². The Morgan fingerprint density at radius 1 is 0.260 bits per heavy atom. The maximum Gasteiger partial charge on any atom is 1.00 e. The molecule has 0 N–H and O–H groups in total. The van der Waals surface area contributed by atoms with E-state index in [4.69, 9.17) is 0 Å². The third-order valence-electron chi connectivity index (χ3n) is 8.60. The topological polar surface area (TPSA) is 0 Å². The molecule has 0 spiro atoms. The van der Waals surface area contributed by atoms with Crippen LogP contribution in [0.2, 0.25) is 0 Å². The number of halogens is 2. The van der Waals surface area contributed by atoms with Crippen molar-refractivity contribution < 1.29 is 69.6 Å². The Labute approximate surface area is 341 Å². The second-order valence-corrected chi connectivity index (χ2v) is 15.7. The molecule has 0 unspecified atom stereocenters. The zero-order valence-electron chi connectivity index (χ0n) is 26.7. The quantitative estimate of drug-likeness (QED) is 0.170. The Hall–Kier alpha value is -2.80. The maximum atomic E-state index is 2.42. The summed E-state index contributed by atoms with van der Waals surface area (Å²) >= 11 is 0. The van der Waals surface area contributed by atoms with Gasteiger partial charge in [-0.05, 0) is 80.3 Å². The molecule has 0 saturated heterocycles. The third-order valence-corrected chi connectivity index (χ3v) is 13.6. The molecule has 6 heteroatoms. The first-order valence-corrected chi connectivity index (χ1v) is 18.4. The van der Waals surface area contributed by atoms with Gasteiger partial charge in [0.15, 0.2) is 0 Å². The molecule has 0 heterocycles. The average Bonchev–Trinajstić information content (AvgIpc) is 3.14. The Kier molecular flexibility index (Phi) is 14.9. The Balaban J connectivity index is 0.00000140. The average molecular weight is 1090 g/mol. The Morgan fingerprint density at radius 2 is 0.520 bits per heavy atom. The molecular weight excluding hydrogens is 1060 g/mol. The van der Waals surface area contributed by atoms with Crippen LogP contribution in [0.5, 0.6) is 0 Å². The Bertz CT molecular complexity index is 2030. The molecule has 0 aliphatic heterocycles. The van der Waals surface area contributed by atoms with E-state index in [0.29, 0.717) is 0 Å². The van der Waals surface area contributed by atoms with Crippen molar-refractivity contribution in [3.05, 3.63) is 194 Å². The minimum atomic E-state index is -0.852. The first-order chi connectivity index (χ1) is 22.9. The van der Waals surface area contributed by atoms with Crippen LogP contribution in [0.4, 0.5) is 0 Å². The molecular formula is C44H32Au2Cl2P2. The molecule has 0 saturated carbocycles. The molecule has 8 aromatic carbocycles. The molecule has 0 nitrogen and oxygen atoms in total. The number of benzene rings is 8. The molecule has 0 bridgehead atoms. The van der Waals surface area contributed by atoms with Gasteiger partial charge in [-0.1, -0.05) is 194 Å². The van der Waals surface area contributed by atoms with Crippen molar-refractivity contribution in [3.8, 4) is 11.1 Å². The van der Waals surface area contributed by atoms with Gasteiger partial charge in [-0.2, -0.15) is 0 Å². The molecule has 8 rings (SSSR count). The number of fused-ring (bicyclic) bond motifs is 2. The normalized spacial score (nSPS) is 10.5. The van der Waals surface area contributed by atoms with Gasteiger partial charge in [0.2, 0.25) is 0 Å². The molecule has 50 heavy (non-hydrogen) atoms. The summed E-state index contributed by atoms with van der Waals surface area (Å²) in [5.41, 5.74) is 2.70. The summed E-state index contributed by atoms with van der Waals surface area (Å²) in [5, 5.41) is 13.3. The van der Waals surface area contributed by atoms with Crippen LogP contribution in [-0.2, 0) is 44.8 Å². The summed E-state index contributed by atoms with van der Waals surface area (Å²) in [7, 11) is -1.70. The fourth-order valence-corrected chi connectivity index (χ4v) is 11.5. The van der Waals surface area contributed by atoms with Gasteiger partial charge in [0.05, 0.1) is 0 Å². The van der Waals surface area contributed by atoms with Gasteiger partial charge in [-0.15, -0.1) is 0 Å². The largest absolute Gasteiger partial charge is 1.00 e. The van der Waals surface area contributed by atoms with Gasteiger partial charge in [0.1, 0.15) is 0 Å². The smallest absolute Gasteiger partial charge is 1.00 e. The predicted octanol–water partition coefficient (Wildman–Crippen LogP) is 3.18. The van der Waals surface area contributed by atoms with Crippen molar-refractivity contribution in [2.45, 2.75) is 0 Å². The zero-order valence-corrected chi connectivity index (χ0v) is 34.4. The summed E-state index contributed by atoms with van der Waals surface area (Å²) < 4.78 is 0. The van der Waals surface area contributed by atoms with E-state index in [9.17, 15) is 0 Å². The van der Waals surface area contributed by atoms with Gasteiger partial charge < -0.3 is 24.8 Å². The van der Waals surface area contributed by atoms with E-state index in [0.717, 1.165) is 0 Å². The standard InChI is InChI=1S/C44H32P2.2Au.2ClH/c1-5-19-35(20-6-1)45(36-21-7-2-8-22-36)41-31-29-33-17-13-15-27-39(33)43(41)44-40-28-16-14-18-34(40)30-32-42(44)46(37-23-9-3-10-24-37)38-25-11-4-12-26-38;;;;/h1-32H;;;2*1H/q;2*+1;;/p-2.